The van der Waals surface area contributed by atoms with Gasteiger partial charge in [-0.2, -0.15) is 0 Å². The Hall–Kier alpha value is -1.10. The van der Waals surface area contributed by atoms with Gasteiger partial charge in [-0.05, 0) is 50.0 Å². The zero-order valence-electron chi connectivity index (χ0n) is 14.9. The van der Waals surface area contributed by atoms with Crippen molar-refractivity contribution in [3.05, 3.63) is 35.4 Å². The molecular weight excluding hydrogens is 336 g/mol. The first-order chi connectivity index (χ1) is 11.6. The Morgan fingerprint density at radius 3 is 2.48 bits per heavy atom. The van der Waals surface area contributed by atoms with Crippen LogP contribution in [0.25, 0.3) is 0 Å². The summed E-state index contributed by atoms with van der Waals surface area (Å²) in [5.41, 5.74) is 8.24. The van der Waals surface area contributed by atoms with E-state index in [0.717, 1.165) is 37.9 Å². The third-order valence-electron chi connectivity index (χ3n) is 6.56. The van der Waals surface area contributed by atoms with Gasteiger partial charge in [0.2, 0.25) is 5.91 Å². The molecule has 3 unspecified atom stereocenters. The van der Waals surface area contributed by atoms with Crippen molar-refractivity contribution in [1.82, 2.24) is 4.90 Å². The van der Waals surface area contributed by atoms with Crippen LogP contribution in [0, 0.1) is 18.8 Å². The molecule has 0 radical (unpaired) electrons. The molecule has 2 aliphatic heterocycles. The third-order valence-corrected chi connectivity index (χ3v) is 6.56. The maximum Gasteiger partial charge on any atom is 0.233 e. The molecule has 3 aliphatic rings. The lowest BCUT2D eigenvalue weighted by Crippen LogP contribution is -2.49. The molecule has 2 saturated heterocycles. The predicted molar refractivity (Wildman–Crippen MR) is 101 cm³/mol. The van der Waals surface area contributed by atoms with E-state index in [1.807, 2.05) is 0 Å². The predicted octanol–water partition coefficient (Wildman–Crippen LogP) is 2.66. The number of likely N-dealkylation sites (tertiary alicyclic amines) is 1. The fourth-order valence-corrected chi connectivity index (χ4v) is 4.99. The Morgan fingerprint density at radius 2 is 1.84 bits per heavy atom. The van der Waals surface area contributed by atoms with Gasteiger partial charge in [0, 0.05) is 32.3 Å². The van der Waals surface area contributed by atoms with E-state index in [9.17, 15) is 4.79 Å². The topological polar surface area (TPSA) is 55.6 Å². The molecular formula is C20H29ClN2O2. The summed E-state index contributed by atoms with van der Waals surface area (Å²) in [5.74, 6) is 1.42. The van der Waals surface area contributed by atoms with Crippen LogP contribution in [0.15, 0.2) is 24.3 Å². The molecule has 0 bridgehead atoms. The highest BCUT2D eigenvalue weighted by Gasteiger charge is 2.49. The van der Waals surface area contributed by atoms with Crippen molar-refractivity contribution in [3.8, 4) is 0 Å². The number of hydrogen-bond acceptors (Lipinski definition) is 3. The number of halogens is 1. The summed E-state index contributed by atoms with van der Waals surface area (Å²) < 4.78 is 5.58. The maximum atomic E-state index is 13.6. The monoisotopic (exact) mass is 364 g/mol. The zero-order chi connectivity index (χ0) is 16.7. The number of amides is 1. The second-order valence-electron chi connectivity index (χ2n) is 7.94. The third kappa shape index (κ3) is 3.20. The van der Waals surface area contributed by atoms with E-state index < -0.39 is 5.41 Å². The molecule has 5 heteroatoms. The van der Waals surface area contributed by atoms with Gasteiger partial charge in [0.25, 0.3) is 0 Å². The first kappa shape index (κ1) is 18.7. The first-order valence-electron chi connectivity index (χ1n) is 9.30. The van der Waals surface area contributed by atoms with Gasteiger partial charge in [-0.1, -0.05) is 29.8 Å². The van der Waals surface area contributed by atoms with Gasteiger partial charge in [-0.25, -0.2) is 0 Å². The number of nitrogens with two attached hydrogens (primary N) is 1. The fourth-order valence-electron chi connectivity index (χ4n) is 4.99. The van der Waals surface area contributed by atoms with E-state index in [1.165, 1.54) is 12.0 Å². The highest BCUT2D eigenvalue weighted by atomic mass is 35.5. The van der Waals surface area contributed by atoms with Crippen molar-refractivity contribution in [2.24, 2.45) is 17.6 Å². The minimum atomic E-state index is -0.408. The van der Waals surface area contributed by atoms with Crippen LogP contribution in [0.3, 0.4) is 0 Å². The summed E-state index contributed by atoms with van der Waals surface area (Å²) in [6.45, 7) is 5.16. The van der Waals surface area contributed by atoms with Crippen molar-refractivity contribution >= 4 is 18.3 Å². The van der Waals surface area contributed by atoms with E-state index in [4.69, 9.17) is 10.5 Å². The van der Waals surface area contributed by atoms with Gasteiger partial charge in [0.1, 0.15) is 0 Å². The summed E-state index contributed by atoms with van der Waals surface area (Å²) in [4.78, 5) is 15.7. The van der Waals surface area contributed by atoms with Crippen LogP contribution in [-0.2, 0) is 14.9 Å². The number of nitrogens with zero attached hydrogens (tertiary/aromatic N) is 1. The normalized spacial score (nSPS) is 30.6. The molecule has 0 spiro atoms. The number of benzene rings is 1. The number of hydrogen-bond donors (Lipinski definition) is 1. The molecule has 2 N–H and O–H groups in total. The molecule has 1 saturated carbocycles. The van der Waals surface area contributed by atoms with Gasteiger partial charge in [0.05, 0.1) is 5.41 Å². The number of fused-ring (bicyclic) bond motifs is 1. The van der Waals surface area contributed by atoms with Crippen molar-refractivity contribution in [3.63, 3.8) is 0 Å². The van der Waals surface area contributed by atoms with Crippen molar-refractivity contribution in [2.45, 2.75) is 44.1 Å². The molecule has 3 fully saturated rings. The Morgan fingerprint density at radius 1 is 1.16 bits per heavy atom. The van der Waals surface area contributed by atoms with Crippen LogP contribution in [0.1, 0.15) is 36.8 Å². The summed E-state index contributed by atoms with van der Waals surface area (Å²) in [6, 6.07) is 8.79. The molecule has 2 heterocycles. The van der Waals surface area contributed by atoms with E-state index in [0.29, 0.717) is 31.0 Å². The van der Waals surface area contributed by atoms with Crippen LogP contribution >= 0.6 is 12.4 Å². The van der Waals surface area contributed by atoms with Gasteiger partial charge >= 0.3 is 0 Å². The summed E-state index contributed by atoms with van der Waals surface area (Å²) in [5, 5.41) is 0. The van der Waals surface area contributed by atoms with Crippen LogP contribution in [-0.4, -0.2) is 43.2 Å². The minimum Gasteiger partial charge on any atom is -0.381 e. The van der Waals surface area contributed by atoms with Gasteiger partial charge in [-0.3, -0.25) is 4.79 Å². The SMILES string of the molecule is Cc1ccc(C2(C(=O)N3CC4CCC(N)C4C3)CCOCC2)cc1.Cl. The Bertz CT molecular complexity index is 613. The van der Waals surface area contributed by atoms with Crippen LogP contribution in [0.4, 0.5) is 0 Å². The second kappa shape index (κ2) is 7.26. The van der Waals surface area contributed by atoms with Gasteiger partial charge < -0.3 is 15.4 Å². The quantitative estimate of drug-likeness (QED) is 0.877. The summed E-state index contributed by atoms with van der Waals surface area (Å²) >= 11 is 0. The number of carbonyl (C=O) groups is 1. The van der Waals surface area contributed by atoms with E-state index in [1.54, 1.807) is 0 Å². The number of aryl methyl sites for hydroxylation is 1. The molecule has 138 valence electrons. The van der Waals surface area contributed by atoms with Crippen molar-refractivity contribution in [1.29, 1.82) is 0 Å². The fraction of sp³-hybridized carbons (Fsp3) is 0.650. The Labute approximate surface area is 156 Å². The largest absolute Gasteiger partial charge is 0.381 e. The van der Waals surface area contributed by atoms with Gasteiger partial charge in [0.15, 0.2) is 0 Å². The first-order valence-corrected chi connectivity index (χ1v) is 9.30. The highest BCUT2D eigenvalue weighted by Crippen LogP contribution is 2.42. The molecule has 1 amide bonds. The molecule has 0 aromatic heterocycles. The summed E-state index contributed by atoms with van der Waals surface area (Å²) in [6.07, 6.45) is 3.87. The van der Waals surface area contributed by atoms with Crippen molar-refractivity contribution in [2.75, 3.05) is 26.3 Å². The number of ether oxygens (including phenoxy) is 1. The smallest absolute Gasteiger partial charge is 0.233 e. The molecule has 25 heavy (non-hydrogen) atoms. The lowest BCUT2D eigenvalue weighted by atomic mass is 9.73. The summed E-state index contributed by atoms with van der Waals surface area (Å²) in [7, 11) is 0. The molecule has 1 aromatic carbocycles. The van der Waals surface area contributed by atoms with E-state index >= 15 is 0 Å². The standard InChI is InChI=1S/C20H28N2O2.ClH/c1-14-2-5-16(6-3-14)20(8-10-24-11-9-20)19(23)22-12-15-4-7-18(21)17(15)13-22;/h2-3,5-6,15,17-18H,4,7-13,21H2,1H3;1H. The average molecular weight is 365 g/mol. The number of rotatable bonds is 2. The van der Waals surface area contributed by atoms with Crippen molar-refractivity contribution < 1.29 is 9.53 Å². The van der Waals surface area contributed by atoms with Crippen LogP contribution < -0.4 is 5.73 Å². The Kier molecular flexibility index (Phi) is 5.42. The van der Waals surface area contributed by atoms with E-state index in [-0.39, 0.29) is 18.4 Å². The average Bonchev–Trinajstić information content (AvgIpc) is 3.18. The highest BCUT2D eigenvalue weighted by molar-refractivity contribution is 5.88. The molecule has 3 atom stereocenters. The van der Waals surface area contributed by atoms with E-state index in [2.05, 4.69) is 36.1 Å². The van der Waals surface area contributed by atoms with Gasteiger partial charge in [-0.15, -0.1) is 12.4 Å². The Balaban J connectivity index is 0.00000182. The molecule has 1 aromatic rings. The van der Waals surface area contributed by atoms with Crippen LogP contribution in [0.5, 0.6) is 0 Å². The lowest BCUT2D eigenvalue weighted by Gasteiger charge is -2.39. The molecule has 1 aliphatic carbocycles. The van der Waals surface area contributed by atoms with Crippen LogP contribution in [0.2, 0.25) is 0 Å². The molecule has 4 rings (SSSR count). The molecule has 4 nitrogen and oxygen atoms in total. The minimum absolute atomic E-state index is 0. The lowest BCUT2D eigenvalue weighted by molar-refractivity contribution is -0.140. The maximum absolute atomic E-state index is 13.6. The zero-order valence-corrected chi connectivity index (χ0v) is 15.8. The number of carbonyl (C=O) groups excluding carboxylic acids is 1. The second-order valence-corrected chi connectivity index (χ2v) is 7.94.